The highest BCUT2D eigenvalue weighted by Gasteiger charge is 1.95. The van der Waals surface area contributed by atoms with Crippen molar-refractivity contribution in [3.05, 3.63) is 40.7 Å². The summed E-state index contributed by atoms with van der Waals surface area (Å²) < 4.78 is 12.8. The van der Waals surface area contributed by atoms with Crippen molar-refractivity contribution >= 4 is 17.7 Å². The van der Waals surface area contributed by atoms with Crippen LogP contribution in [0.4, 0.5) is 4.39 Å². The molecule has 0 spiro atoms. The molecule has 1 aromatic rings. The van der Waals surface area contributed by atoms with Gasteiger partial charge in [-0.3, -0.25) is 0 Å². The predicted molar refractivity (Wildman–Crippen MR) is 54.1 cm³/mol. The van der Waals surface area contributed by atoms with E-state index >= 15 is 0 Å². The summed E-state index contributed by atoms with van der Waals surface area (Å²) in [4.78, 5) is 0. The summed E-state index contributed by atoms with van der Waals surface area (Å²) in [7, 11) is 0. The Hall–Kier alpha value is -0.860. The second-order valence-electron chi connectivity index (χ2n) is 2.68. The van der Waals surface area contributed by atoms with Gasteiger partial charge in [-0.15, -0.1) is 0 Å². The Balaban J connectivity index is 2.77. The molecule has 0 fully saturated rings. The van der Waals surface area contributed by atoms with Gasteiger partial charge in [0, 0.05) is 5.02 Å². The number of rotatable bonds is 3. The summed E-state index contributed by atoms with van der Waals surface area (Å²) in [5.74, 6) is -0.320. The van der Waals surface area contributed by atoms with Gasteiger partial charge in [0.25, 0.3) is 0 Å². The fraction of sp³-hybridized carbons (Fsp3) is 0.200. The molecule has 0 aliphatic heterocycles. The zero-order valence-corrected chi connectivity index (χ0v) is 7.89. The van der Waals surface area contributed by atoms with E-state index in [1.54, 1.807) is 6.07 Å². The molecule has 0 aliphatic carbocycles. The third-order valence-corrected chi connectivity index (χ3v) is 1.75. The first-order valence-electron chi connectivity index (χ1n) is 4.05. The maximum atomic E-state index is 12.8. The van der Waals surface area contributed by atoms with Crippen LogP contribution >= 0.6 is 11.6 Å². The van der Waals surface area contributed by atoms with Gasteiger partial charge in [-0.2, -0.15) is 0 Å². The molecule has 0 atom stereocenters. The zero-order valence-electron chi connectivity index (χ0n) is 7.13. The van der Waals surface area contributed by atoms with Gasteiger partial charge in [-0.25, -0.2) is 4.39 Å². The molecule has 0 radical (unpaired) electrons. The molecule has 0 heterocycles. The summed E-state index contributed by atoms with van der Waals surface area (Å²) in [5, 5.41) is 0.410. The van der Waals surface area contributed by atoms with Crippen LogP contribution in [0.3, 0.4) is 0 Å². The molecule has 2 N–H and O–H groups in total. The molecule has 0 bridgehead atoms. The van der Waals surface area contributed by atoms with Crippen LogP contribution in [0, 0.1) is 5.82 Å². The molecule has 0 saturated carbocycles. The standard InChI is InChI=1S/C10H11ClFN/c11-9-5-8(3-1-2-4-13)6-10(12)7-9/h1,3,5-7H,2,4,13H2. The van der Waals surface area contributed by atoms with Gasteiger partial charge in [0.05, 0.1) is 0 Å². The molecule has 13 heavy (non-hydrogen) atoms. The van der Waals surface area contributed by atoms with Gasteiger partial charge in [0.15, 0.2) is 0 Å². The third kappa shape index (κ3) is 3.57. The lowest BCUT2D eigenvalue weighted by Crippen LogP contribution is -1.94. The van der Waals surface area contributed by atoms with Gasteiger partial charge in [-0.1, -0.05) is 23.8 Å². The molecule has 0 aliphatic rings. The van der Waals surface area contributed by atoms with Crippen LogP contribution in [0.15, 0.2) is 24.3 Å². The minimum Gasteiger partial charge on any atom is -0.330 e. The lowest BCUT2D eigenvalue weighted by molar-refractivity contribution is 0.627. The van der Waals surface area contributed by atoms with Gasteiger partial charge >= 0.3 is 0 Å². The highest BCUT2D eigenvalue weighted by atomic mass is 35.5. The Morgan fingerprint density at radius 3 is 2.77 bits per heavy atom. The first-order valence-corrected chi connectivity index (χ1v) is 4.43. The Kier molecular flexibility index (Phi) is 3.93. The second kappa shape index (κ2) is 5.00. The first kappa shape index (κ1) is 10.2. The van der Waals surface area contributed by atoms with Gasteiger partial charge in [-0.05, 0) is 36.7 Å². The monoisotopic (exact) mass is 199 g/mol. The molecule has 0 saturated heterocycles. The summed E-state index contributed by atoms with van der Waals surface area (Å²) in [6, 6.07) is 4.42. The number of hydrogen-bond acceptors (Lipinski definition) is 1. The molecule has 3 heteroatoms. The van der Waals surface area contributed by atoms with Crippen LogP contribution in [0.5, 0.6) is 0 Å². The second-order valence-corrected chi connectivity index (χ2v) is 3.12. The van der Waals surface area contributed by atoms with E-state index in [9.17, 15) is 4.39 Å². The van der Waals surface area contributed by atoms with Crippen molar-refractivity contribution < 1.29 is 4.39 Å². The summed E-state index contributed by atoms with van der Waals surface area (Å²) >= 11 is 5.66. The van der Waals surface area contributed by atoms with Crippen LogP contribution in [0.25, 0.3) is 6.08 Å². The van der Waals surface area contributed by atoms with Crippen molar-refractivity contribution in [3.63, 3.8) is 0 Å². The van der Waals surface area contributed by atoms with Crippen molar-refractivity contribution in [1.82, 2.24) is 0 Å². The molecule has 1 nitrogen and oxygen atoms in total. The predicted octanol–water partition coefficient (Wildman–Crippen LogP) is 2.84. The van der Waals surface area contributed by atoms with Crippen LogP contribution in [-0.2, 0) is 0 Å². The summed E-state index contributed by atoms with van der Waals surface area (Å²) in [6.45, 7) is 0.597. The Bertz CT molecular complexity index is 290. The molecule has 0 aromatic heterocycles. The Morgan fingerprint density at radius 2 is 2.15 bits per heavy atom. The van der Waals surface area contributed by atoms with Gasteiger partial charge in [0.1, 0.15) is 5.82 Å². The van der Waals surface area contributed by atoms with E-state index in [0.29, 0.717) is 11.6 Å². The summed E-state index contributed by atoms with van der Waals surface area (Å²) in [6.07, 6.45) is 4.49. The van der Waals surface area contributed by atoms with E-state index in [1.165, 1.54) is 12.1 Å². The van der Waals surface area contributed by atoms with Crippen molar-refractivity contribution in [2.24, 2.45) is 5.73 Å². The molecule has 1 rings (SSSR count). The molecular weight excluding hydrogens is 189 g/mol. The van der Waals surface area contributed by atoms with Crippen LogP contribution < -0.4 is 5.73 Å². The fourth-order valence-corrected chi connectivity index (χ4v) is 1.22. The normalized spacial score (nSPS) is 11.0. The molecule has 0 unspecified atom stereocenters. The average molecular weight is 200 g/mol. The van der Waals surface area contributed by atoms with Crippen LogP contribution in [0.2, 0.25) is 5.02 Å². The van der Waals surface area contributed by atoms with E-state index in [0.717, 1.165) is 12.0 Å². The number of nitrogens with two attached hydrogens (primary N) is 1. The molecule has 70 valence electrons. The summed E-state index contributed by atoms with van der Waals surface area (Å²) in [5.41, 5.74) is 6.06. The lowest BCUT2D eigenvalue weighted by Gasteiger charge is -1.95. The van der Waals surface area contributed by atoms with Crippen molar-refractivity contribution in [3.8, 4) is 0 Å². The number of benzene rings is 1. The number of halogens is 2. The first-order chi connectivity index (χ1) is 6.22. The average Bonchev–Trinajstić information content (AvgIpc) is 2.03. The smallest absolute Gasteiger partial charge is 0.125 e. The Morgan fingerprint density at radius 1 is 1.38 bits per heavy atom. The van der Waals surface area contributed by atoms with Gasteiger partial charge < -0.3 is 5.73 Å². The largest absolute Gasteiger partial charge is 0.330 e. The molecule has 1 aromatic carbocycles. The maximum Gasteiger partial charge on any atom is 0.125 e. The quantitative estimate of drug-likeness (QED) is 0.796. The Labute approximate surface area is 82.0 Å². The molecular formula is C10H11ClFN. The van der Waals surface area contributed by atoms with E-state index in [1.807, 2.05) is 12.2 Å². The highest BCUT2D eigenvalue weighted by molar-refractivity contribution is 6.30. The minimum absolute atomic E-state index is 0.320. The van der Waals surface area contributed by atoms with Crippen molar-refractivity contribution in [2.45, 2.75) is 6.42 Å². The lowest BCUT2D eigenvalue weighted by atomic mass is 10.2. The zero-order chi connectivity index (χ0) is 9.68. The molecule has 0 amide bonds. The minimum atomic E-state index is -0.320. The highest BCUT2D eigenvalue weighted by Crippen LogP contribution is 2.15. The maximum absolute atomic E-state index is 12.8. The topological polar surface area (TPSA) is 26.0 Å². The van der Waals surface area contributed by atoms with E-state index in [4.69, 9.17) is 17.3 Å². The van der Waals surface area contributed by atoms with Crippen LogP contribution in [-0.4, -0.2) is 6.54 Å². The fourth-order valence-electron chi connectivity index (χ4n) is 0.987. The van der Waals surface area contributed by atoms with Gasteiger partial charge in [0.2, 0.25) is 0 Å². The van der Waals surface area contributed by atoms with Crippen LogP contribution in [0.1, 0.15) is 12.0 Å². The van der Waals surface area contributed by atoms with E-state index < -0.39 is 0 Å². The van der Waals surface area contributed by atoms with Crippen molar-refractivity contribution in [2.75, 3.05) is 6.54 Å². The van der Waals surface area contributed by atoms with E-state index in [-0.39, 0.29) is 5.82 Å². The van der Waals surface area contributed by atoms with E-state index in [2.05, 4.69) is 0 Å². The third-order valence-electron chi connectivity index (χ3n) is 1.53. The number of hydrogen-bond donors (Lipinski definition) is 1. The van der Waals surface area contributed by atoms with Crippen molar-refractivity contribution in [1.29, 1.82) is 0 Å². The SMILES string of the molecule is NCCC=Cc1cc(F)cc(Cl)c1.